The van der Waals surface area contributed by atoms with Gasteiger partial charge in [0, 0.05) is 17.8 Å². The predicted octanol–water partition coefficient (Wildman–Crippen LogP) is 2.00. The van der Waals surface area contributed by atoms with E-state index < -0.39 is 0 Å². The molecule has 1 aliphatic rings. The van der Waals surface area contributed by atoms with Crippen LogP contribution >= 0.6 is 0 Å². The van der Waals surface area contributed by atoms with Gasteiger partial charge in [-0.15, -0.1) is 0 Å². The van der Waals surface area contributed by atoms with Crippen molar-refractivity contribution in [2.75, 3.05) is 0 Å². The summed E-state index contributed by atoms with van der Waals surface area (Å²) in [4.78, 5) is 15.6. The number of benzene rings is 1. The van der Waals surface area contributed by atoms with Crippen LogP contribution in [0.25, 0.3) is 0 Å². The quantitative estimate of drug-likeness (QED) is 0.605. The van der Waals surface area contributed by atoms with Crippen molar-refractivity contribution < 1.29 is 10.0 Å². The van der Waals surface area contributed by atoms with Crippen LogP contribution in [0.2, 0.25) is 0 Å². The van der Waals surface area contributed by atoms with E-state index in [0.717, 1.165) is 5.06 Å². The van der Waals surface area contributed by atoms with Crippen LogP contribution in [0.4, 0.5) is 0 Å². The first kappa shape index (κ1) is 10.3. The van der Waals surface area contributed by atoms with Crippen LogP contribution in [0.1, 0.15) is 10.4 Å². The summed E-state index contributed by atoms with van der Waals surface area (Å²) in [5, 5.41) is 9.79. The van der Waals surface area contributed by atoms with Crippen LogP contribution in [0.15, 0.2) is 59.4 Å². The van der Waals surface area contributed by atoms with Crippen LogP contribution in [0.5, 0.6) is 0 Å². The summed E-state index contributed by atoms with van der Waals surface area (Å²) in [6.45, 7) is 0. The Morgan fingerprint density at radius 1 is 1.31 bits per heavy atom. The number of carbonyl (C=O) groups is 1. The smallest absolute Gasteiger partial charge is 0.187 e. The van der Waals surface area contributed by atoms with Crippen molar-refractivity contribution in [3.05, 3.63) is 59.9 Å². The molecule has 1 aromatic carbocycles. The second kappa shape index (κ2) is 4.55. The van der Waals surface area contributed by atoms with E-state index in [4.69, 9.17) is 5.21 Å². The molecule has 1 aromatic rings. The van der Waals surface area contributed by atoms with Crippen molar-refractivity contribution in [3.63, 3.8) is 0 Å². The lowest BCUT2D eigenvalue weighted by molar-refractivity contribution is 0.0429. The number of allylic oxidation sites excluding steroid dienone is 2. The van der Waals surface area contributed by atoms with E-state index in [-0.39, 0.29) is 5.78 Å². The molecule has 1 aliphatic heterocycles. The second-order valence-electron chi connectivity index (χ2n) is 3.24. The number of carbonyl (C=O) groups excluding carboxylic acids is 1. The normalized spacial score (nSPS) is 16.8. The number of hydrogen-bond donors (Lipinski definition) is 1. The van der Waals surface area contributed by atoms with Gasteiger partial charge in [-0.2, -0.15) is 0 Å². The summed E-state index contributed by atoms with van der Waals surface area (Å²) < 4.78 is 0. The van der Waals surface area contributed by atoms with E-state index in [2.05, 4.69) is 4.99 Å². The van der Waals surface area contributed by atoms with Crippen LogP contribution in [0, 0.1) is 0 Å². The first-order chi connectivity index (χ1) is 7.75. The van der Waals surface area contributed by atoms with Gasteiger partial charge in [-0.25, -0.2) is 10.1 Å². The highest BCUT2D eigenvalue weighted by Gasteiger charge is 2.04. The van der Waals surface area contributed by atoms with Gasteiger partial charge >= 0.3 is 0 Å². The zero-order chi connectivity index (χ0) is 11.4. The van der Waals surface area contributed by atoms with Crippen molar-refractivity contribution in [1.82, 2.24) is 5.06 Å². The van der Waals surface area contributed by atoms with Crippen molar-refractivity contribution in [2.24, 2.45) is 4.99 Å². The molecule has 0 amide bonds. The maximum Gasteiger partial charge on any atom is 0.187 e. The maximum atomic E-state index is 11.7. The van der Waals surface area contributed by atoms with Gasteiger partial charge in [0.2, 0.25) is 0 Å². The number of rotatable bonds is 2. The third-order valence-electron chi connectivity index (χ3n) is 2.06. The molecule has 1 N–H and O–H groups in total. The van der Waals surface area contributed by atoms with Crippen molar-refractivity contribution in [3.8, 4) is 0 Å². The van der Waals surface area contributed by atoms with Gasteiger partial charge in [0.15, 0.2) is 5.78 Å². The summed E-state index contributed by atoms with van der Waals surface area (Å²) in [7, 11) is 0. The molecule has 1 heterocycles. The summed E-state index contributed by atoms with van der Waals surface area (Å²) >= 11 is 0. The molecule has 0 aliphatic carbocycles. The van der Waals surface area contributed by atoms with Crippen LogP contribution in [-0.2, 0) is 0 Å². The van der Waals surface area contributed by atoms with Gasteiger partial charge in [-0.1, -0.05) is 30.3 Å². The largest absolute Gasteiger partial charge is 0.289 e. The number of hydroxylamine groups is 2. The van der Waals surface area contributed by atoms with Crippen LogP contribution in [0.3, 0.4) is 0 Å². The molecule has 0 spiro atoms. The Labute approximate surface area is 92.8 Å². The molecule has 0 unspecified atom stereocenters. The zero-order valence-corrected chi connectivity index (χ0v) is 8.45. The lowest BCUT2D eigenvalue weighted by Crippen LogP contribution is -2.11. The van der Waals surface area contributed by atoms with E-state index in [1.807, 2.05) is 6.07 Å². The molecule has 0 saturated heterocycles. The van der Waals surface area contributed by atoms with Gasteiger partial charge in [-0.3, -0.25) is 10.0 Å². The Morgan fingerprint density at radius 2 is 2.06 bits per heavy atom. The third-order valence-corrected chi connectivity index (χ3v) is 2.06. The minimum absolute atomic E-state index is 0.108. The minimum atomic E-state index is -0.108. The third kappa shape index (κ3) is 2.43. The molecular weight excluding hydrogens is 204 g/mol. The first-order valence-corrected chi connectivity index (χ1v) is 4.76. The van der Waals surface area contributed by atoms with Crippen LogP contribution in [-0.4, -0.2) is 22.4 Å². The molecule has 2 rings (SSSR count). The fourth-order valence-corrected chi connectivity index (χ4v) is 1.27. The molecule has 0 fully saturated rings. The highest BCUT2D eigenvalue weighted by atomic mass is 16.5. The SMILES string of the molecule is O=C(C=C1C=CN(O)C=N1)c1ccccc1. The molecule has 4 heteroatoms. The van der Waals surface area contributed by atoms with Gasteiger partial charge in [0.25, 0.3) is 0 Å². The molecule has 0 saturated carbocycles. The Kier molecular flexibility index (Phi) is 2.93. The second-order valence-corrected chi connectivity index (χ2v) is 3.24. The van der Waals surface area contributed by atoms with Crippen LogP contribution < -0.4 is 0 Å². The van der Waals surface area contributed by atoms with E-state index in [0.29, 0.717) is 11.3 Å². The lowest BCUT2D eigenvalue weighted by atomic mass is 10.1. The highest BCUT2D eigenvalue weighted by Crippen LogP contribution is 2.08. The molecule has 16 heavy (non-hydrogen) atoms. The predicted molar refractivity (Wildman–Crippen MR) is 60.1 cm³/mol. The van der Waals surface area contributed by atoms with E-state index in [1.165, 1.54) is 18.6 Å². The minimum Gasteiger partial charge on any atom is -0.289 e. The van der Waals surface area contributed by atoms with E-state index in [9.17, 15) is 4.79 Å². The van der Waals surface area contributed by atoms with Gasteiger partial charge < -0.3 is 0 Å². The van der Waals surface area contributed by atoms with Crippen molar-refractivity contribution in [1.29, 1.82) is 0 Å². The number of nitrogens with zero attached hydrogens (tertiary/aromatic N) is 2. The first-order valence-electron chi connectivity index (χ1n) is 4.76. The standard InChI is InChI=1S/C12H10N2O2/c15-12(10-4-2-1-3-5-10)8-11-6-7-14(16)9-13-11/h1-9,16H. The topological polar surface area (TPSA) is 52.9 Å². The fourth-order valence-electron chi connectivity index (χ4n) is 1.27. The Morgan fingerprint density at radius 3 is 2.69 bits per heavy atom. The summed E-state index contributed by atoms with van der Waals surface area (Å²) in [5.41, 5.74) is 1.13. The zero-order valence-electron chi connectivity index (χ0n) is 8.45. The summed E-state index contributed by atoms with van der Waals surface area (Å²) in [6.07, 6.45) is 5.62. The molecule has 0 atom stereocenters. The number of ketones is 1. The average molecular weight is 214 g/mol. The summed E-state index contributed by atoms with van der Waals surface area (Å²) in [6, 6.07) is 8.95. The fraction of sp³-hybridized carbons (Fsp3) is 0. The maximum absolute atomic E-state index is 11.7. The Bertz CT molecular complexity index is 459. The van der Waals surface area contributed by atoms with Crippen molar-refractivity contribution in [2.45, 2.75) is 0 Å². The monoisotopic (exact) mass is 214 g/mol. The molecular formula is C12H10N2O2. The van der Waals surface area contributed by atoms with Crippen molar-refractivity contribution >= 4 is 12.1 Å². The highest BCUT2D eigenvalue weighted by molar-refractivity contribution is 6.05. The van der Waals surface area contributed by atoms with E-state index >= 15 is 0 Å². The van der Waals surface area contributed by atoms with E-state index in [1.54, 1.807) is 30.3 Å². The molecule has 80 valence electrons. The molecule has 4 nitrogen and oxygen atoms in total. The molecule has 0 bridgehead atoms. The molecule has 0 aromatic heterocycles. The Hall–Kier alpha value is -2.20. The van der Waals surface area contributed by atoms with Gasteiger partial charge in [0.05, 0.1) is 5.70 Å². The number of aliphatic imine (C=N–C) groups is 1. The summed E-state index contributed by atoms with van der Waals surface area (Å²) in [5.74, 6) is -0.108. The van der Waals surface area contributed by atoms with Gasteiger partial charge in [0.1, 0.15) is 6.34 Å². The lowest BCUT2D eigenvalue weighted by Gasteiger charge is -2.08. The van der Waals surface area contributed by atoms with Gasteiger partial charge in [-0.05, 0) is 6.08 Å². The Balaban J connectivity index is 2.17. The number of hydrogen-bond acceptors (Lipinski definition) is 4. The average Bonchev–Trinajstić information content (AvgIpc) is 2.33. The molecule has 0 radical (unpaired) electrons.